The molecule has 4 heterocycles. The maximum atomic E-state index is 13.6. The van der Waals surface area contributed by atoms with Crippen LogP contribution < -0.4 is 5.56 Å². The number of pyridine rings is 1. The van der Waals surface area contributed by atoms with Crippen LogP contribution >= 0.6 is 11.8 Å². The molecule has 1 aliphatic heterocycles. The van der Waals surface area contributed by atoms with Crippen molar-refractivity contribution in [1.82, 2.24) is 29.0 Å². The van der Waals surface area contributed by atoms with Crippen molar-refractivity contribution in [1.29, 1.82) is 0 Å². The van der Waals surface area contributed by atoms with Gasteiger partial charge in [0.05, 0.1) is 11.7 Å². The van der Waals surface area contributed by atoms with Crippen molar-refractivity contribution in [2.24, 2.45) is 0 Å². The van der Waals surface area contributed by atoms with Gasteiger partial charge in [-0.1, -0.05) is 24.2 Å². The molecular weight excluding hydrogens is 451 g/mol. The van der Waals surface area contributed by atoms with Crippen molar-refractivity contribution in [3.8, 4) is 5.69 Å². The summed E-state index contributed by atoms with van der Waals surface area (Å²) in [7, 11) is 0. The molecule has 9 heteroatoms. The summed E-state index contributed by atoms with van der Waals surface area (Å²) in [5.74, 6) is 1.02. The summed E-state index contributed by atoms with van der Waals surface area (Å²) >= 11 is 1.47. The van der Waals surface area contributed by atoms with Crippen molar-refractivity contribution in [2.45, 2.75) is 50.1 Å². The number of benzene rings is 1. The van der Waals surface area contributed by atoms with E-state index in [1.54, 1.807) is 28.8 Å². The predicted octanol–water partition coefficient (Wildman–Crippen LogP) is 4.56. The zero-order chi connectivity index (χ0) is 23.7. The highest BCUT2D eigenvalue weighted by Gasteiger charge is 2.25. The fourth-order valence-electron chi connectivity index (χ4n) is 4.42. The Morgan fingerprint density at radius 2 is 1.82 bits per heavy atom. The monoisotopic (exact) mass is 478 g/mol. The Labute approximate surface area is 201 Å². The highest BCUT2D eigenvalue weighted by molar-refractivity contribution is 7.98. The molecule has 0 radical (unpaired) electrons. The van der Waals surface area contributed by atoms with E-state index >= 15 is 0 Å². The third kappa shape index (κ3) is 4.63. The van der Waals surface area contributed by atoms with Gasteiger partial charge in [-0.25, -0.2) is 9.37 Å². The molecular formula is C25H27FN6OS. The van der Waals surface area contributed by atoms with Crippen molar-refractivity contribution < 1.29 is 4.39 Å². The molecule has 0 N–H and O–H groups in total. The van der Waals surface area contributed by atoms with E-state index in [4.69, 9.17) is 0 Å². The van der Waals surface area contributed by atoms with Crippen LogP contribution in [0.5, 0.6) is 0 Å². The molecule has 5 rings (SSSR count). The Morgan fingerprint density at radius 1 is 1.06 bits per heavy atom. The van der Waals surface area contributed by atoms with Crippen molar-refractivity contribution in [2.75, 3.05) is 13.1 Å². The number of aryl methyl sites for hydroxylation is 1. The molecule has 0 saturated carbocycles. The molecule has 0 spiro atoms. The van der Waals surface area contributed by atoms with Crippen LogP contribution in [0.1, 0.15) is 49.3 Å². The van der Waals surface area contributed by atoms with Gasteiger partial charge in [0, 0.05) is 23.7 Å². The molecule has 1 aliphatic rings. The van der Waals surface area contributed by atoms with Crippen LogP contribution in [0.15, 0.2) is 58.6 Å². The van der Waals surface area contributed by atoms with Crippen LogP contribution in [0.25, 0.3) is 11.3 Å². The summed E-state index contributed by atoms with van der Waals surface area (Å²) in [6.45, 7) is 6.16. The van der Waals surface area contributed by atoms with E-state index in [9.17, 15) is 9.18 Å². The molecule has 0 aliphatic carbocycles. The number of halogens is 1. The smallest absolute Gasteiger partial charge is 0.258 e. The summed E-state index contributed by atoms with van der Waals surface area (Å²) < 4.78 is 17.2. The van der Waals surface area contributed by atoms with E-state index in [1.807, 2.05) is 23.6 Å². The second-order valence-corrected chi connectivity index (χ2v) is 9.68. The number of piperidine rings is 1. The summed E-state index contributed by atoms with van der Waals surface area (Å²) in [6, 6.07) is 11.8. The first-order valence-corrected chi connectivity index (χ1v) is 12.6. The Morgan fingerprint density at radius 3 is 2.59 bits per heavy atom. The average molecular weight is 479 g/mol. The number of thioether (sulfide) groups is 1. The largest absolute Gasteiger partial charge is 0.294 e. The first-order valence-electron chi connectivity index (χ1n) is 11.6. The minimum absolute atomic E-state index is 0.0823. The Kier molecular flexibility index (Phi) is 6.47. The van der Waals surface area contributed by atoms with Crippen LogP contribution in [0, 0.1) is 12.7 Å². The molecule has 4 aromatic rings. The van der Waals surface area contributed by atoms with E-state index in [0.717, 1.165) is 30.2 Å². The zero-order valence-corrected chi connectivity index (χ0v) is 20.1. The van der Waals surface area contributed by atoms with E-state index in [0.29, 0.717) is 22.3 Å². The lowest BCUT2D eigenvalue weighted by molar-refractivity contribution is 0.167. The third-order valence-electron chi connectivity index (χ3n) is 6.26. The van der Waals surface area contributed by atoms with Crippen molar-refractivity contribution in [3.05, 3.63) is 81.9 Å². The number of nitrogens with zero attached hydrogens (tertiary/aromatic N) is 6. The number of fused-ring (bicyclic) bond motifs is 1. The van der Waals surface area contributed by atoms with Gasteiger partial charge in [0.15, 0.2) is 11.0 Å². The number of aromatic nitrogens is 5. The maximum Gasteiger partial charge on any atom is 0.258 e. The van der Waals surface area contributed by atoms with Gasteiger partial charge in [0.1, 0.15) is 11.5 Å². The Hall–Kier alpha value is -3.04. The molecule has 3 aromatic heterocycles. The van der Waals surface area contributed by atoms with Gasteiger partial charge in [-0.05, 0) is 75.7 Å². The minimum Gasteiger partial charge on any atom is -0.294 e. The quantitative estimate of drug-likeness (QED) is 0.379. The Balaban J connectivity index is 1.47. The highest BCUT2D eigenvalue weighted by Crippen LogP contribution is 2.30. The van der Waals surface area contributed by atoms with Crippen LogP contribution in [-0.2, 0) is 5.75 Å². The lowest BCUT2D eigenvalue weighted by Gasteiger charge is -2.31. The van der Waals surface area contributed by atoms with Gasteiger partial charge in [0.2, 0.25) is 0 Å². The van der Waals surface area contributed by atoms with Gasteiger partial charge in [0.25, 0.3) is 5.56 Å². The Bertz CT molecular complexity index is 1360. The average Bonchev–Trinajstić information content (AvgIpc) is 3.27. The fraction of sp³-hybridized carbons (Fsp3) is 0.360. The summed E-state index contributed by atoms with van der Waals surface area (Å²) in [6.07, 6.45) is 5.41. The van der Waals surface area contributed by atoms with Crippen LogP contribution in [0.4, 0.5) is 4.39 Å². The molecule has 1 aromatic carbocycles. The van der Waals surface area contributed by atoms with E-state index in [-0.39, 0.29) is 17.4 Å². The lowest BCUT2D eigenvalue weighted by Crippen LogP contribution is -2.33. The minimum atomic E-state index is -0.285. The van der Waals surface area contributed by atoms with Gasteiger partial charge >= 0.3 is 0 Å². The SMILES string of the molecule is Cc1ccc2nc(CSc3nnc([C@@H](C)N4CCCCC4)n3-c3ccc(F)cc3)cc(=O)n2c1. The number of hydrogen-bond acceptors (Lipinski definition) is 6. The highest BCUT2D eigenvalue weighted by atomic mass is 32.2. The third-order valence-corrected chi connectivity index (χ3v) is 7.23. The summed E-state index contributed by atoms with van der Waals surface area (Å²) in [5, 5.41) is 9.73. The summed E-state index contributed by atoms with van der Waals surface area (Å²) in [5.41, 5.74) is 3.01. The zero-order valence-electron chi connectivity index (χ0n) is 19.3. The standard InChI is InChI=1S/C25H27FN6OS/c1-17-6-11-22-27-20(14-23(33)31(22)15-17)16-34-25-29-28-24(18(2)30-12-4-3-5-13-30)32(25)21-9-7-19(26)8-10-21/h6-11,14-15,18H,3-5,12-13,16H2,1-2H3/t18-/m1/s1. The number of hydrogen-bond donors (Lipinski definition) is 0. The molecule has 1 fully saturated rings. The maximum absolute atomic E-state index is 13.6. The van der Waals surface area contributed by atoms with Gasteiger partial charge in [-0.15, -0.1) is 10.2 Å². The van der Waals surface area contributed by atoms with Crippen molar-refractivity contribution in [3.63, 3.8) is 0 Å². The van der Waals surface area contributed by atoms with E-state index < -0.39 is 0 Å². The predicted molar refractivity (Wildman–Crippen MR) is 131 cm³/mol. The molecule has 1 atom stereocenters. The van der Waals surface area contributed by atoms with Gasteiger partial charge in [-0.2, -0.15) is 0 Å². The molecule has 176 valence electrons. The molecule has 0 unspecified atom stereocenters. The molecule has 0 amide bonds. The lowest BCUT2D eigenvalue weighted by atomic mass is 10.1. The summed E-state index contributed by atoms with van der Waals surface area (Å²) in [4.78, 5) is 19.7. The molecule has 34 heavy (non-hydrogen) atoms. The second-order valence-electron chi connectivity index (χ2n) is 8.73. The fourth-order valence-corrected chi connectivity index (χ4v) is 5.27. The topological polar surface area (TPSA) is 68.3 Å². The second kappa shape index (κ2) is 9.68. The van der Waals surface area contributed by atoms with E-state index in [1.165, 1.54) is 43.2 Å². The van der Waals surface area contributed by atoms with E-state index in [2.05, 4.69) is 27.0 Å². The van der Waals surface area contributed by atoms with Crippen LogP contribution in [-0.4, -0.2) is 42.1 Å². The molecule has 1 saturated heterocycles. The molecule has 0 bridgehead atoms. The van der Waals surface area contributed by atoms with Gasteiger partial charge < -0.3 is 0 Å². The number of likely N-dealkylation sites (tertiary alicyclic amines) is 1. The first kappa shape index (κ1) is 22.7. The molecule has 7 nitrogen and oxygen atoms in total. The van der Waals surface area contributed by atoms with Gasteiger partial charge in [-0.3, -0.25) is 18.7 Å². The number of rotatable bonds is 6. The normalized spacial score (nSPS) is 15.6. The van der Waals surface area contributed by atoms with Crippen molar-refractivity contribution >= 4 is 17.4 Å². The van der Waals surface area contributed by atoms with Crippen LogP contribution in [0.3, 0.4) is 0 Å². The first-order chi connectivity index (χ1) is 16.5. The van der Waals surface area contributed by atoms with Crippen LogP contribution in [0.2, 0.25) is 0 Å².